The first kappa shape index (κ1) is 21.9. The molecule has 0 aromatic heterocycles. The van der Waals surface area contributed by atoms with E-state index in [9.17, 15) is 4.79 Å². The van der Waals surface area contributed by atoms with Crippen molar-refractivity contribution in [2.45, 2.75) is 13.3 Å². The average molecular weight is 415 g/mol. The van der Waals surface area contributed by atoms with Crippen LogP contribution in [0.4, 0.5) is 0 Å². The number of carbonyl (C=O) groups is 1. The summed E-state index contributed by atoms with van der Waals surface area (Å²) in [5.41, 5.74) is 2.25. The van der Waals surface area contributed by atoms with Crippen molar-refractivity contribution in [3.63, 3.8) is 0 Å². The number of methoxy groups -OCH3 is 1. The van der Waals surface area contributed by atoms with Crippen LogP contribution in [0.5, 0.6) is 11.5 Å². The second-order valence-electron chi connectivity index (χ2n) is 6.70. The Hall–Kier alpha value is -3.79. The number of ether oxygens (including phenoxy) is 3. The van der Waals surface area contributed by atoms with Crippen LogP contribution in [-0.2, 0) is 16.0 Å². The molecular formula is C27H26O4. The van der Waals surface area contributed by atoms with Gasteiger partial charge in [-0.15, -0.1) is 0 Å². The number of benzene rings is 3. The van der Waals surface area contributed by atoms with Gasteiger partial charge in [-0.2, -0.15) is 0 Å². The van der Waals surface area contributed by atoms with Crippen LogP contribution in [0, 0.1) is 0 Å². The molecule has 4 heteroatoms. The molecule has 0 aliphatic heterocycles. The Balaban J connectivity index is 2.04. The van der Waals surface area contributed by atoms with Crippen molar-refractivity contribution in [3.05, 3.63) is 114 Å². The van der Waals surface area contributed by atoms with Crippen LogP contribution in [0.2, 0.25) is 0 Å². The van der Waals surface area contributed by atoms with Crippen molar-refractivity contribution in [1.29, 1.82) is 0 Å². The molecule has 0 unspecified atom stereocenters. The van der Waals surface area contributed by atoms with E-state index in [1.165, 1.54) is 0 Å². The topological polar surface area (TPSA) is 44.8 Å². The van der Waals surface area contributed by atoms with Gasteiger partial charge in [-0.1, -0.05) is 54.6 Å². The highest BCUT2D eigenvalue weighted by Crippen LogP contribution is 2.27. The van der Waals surface area contributed by atoms with Crippen molar-refractivity contribution in [2.75, 3.05) is 13.7 Å². The molecule has 0 heterocycles. The Morgan fingerprint density at radius 2 is 1.48 bits per heavy atom. The second kappa shape index (κ2) is 11.4. The average Bonchev–Trinajstić information content (AvgIpc) is 2.82. The standard InChI is InChI=1S/C27H26O4/c1-3-30-27(28)25(16-10-13-21-11-6-4-7-12-21)26(31-24-14-8-5-9-15-24)22-17-19-23(29-2)20-18-22/h4-12,14-20H,3,13H2,1-2H3/b16-10+,26-25+. The summed E-state index contributed by atoms with van der Waals surface area (Å²) in [4.78, 5) is 12.9. The highest BCUT2D eigenvalue weighted by atomic mass is 16.5. The third kappa shape index (κ3) is 6.34. The summed E-state index contributed by atoms with van der Waals surface area (Å²) in [5.74, 6) is 1.34. The van der Waals surface area contributed by atoms with Crippen LogP contribution in [0.25, 0.3) is 5.76 Å². The smallest absolute Gasteiger partial charge is 0.341 e. The van der Waals surface area contributed by atoms with Crippen LogP contribution < -0.4 is 9.47 Å². The van der Waals surface area contributed by atoms with Crippen LogP contribution in [0.15, 0.2) is 103 Å². The fourth-order valence-corrected chi connectivity index (χ4v) is 2.99. The van der Waals surface area contributed by atoms with Crippen LogP contribution in [0.1, 0.15) is 18.1 Å². The monoisotopic (exact) mass is 414 g/mol. The molecule has 0 saturated heterocycles. The number of hydrogen-bond donors (Lipinski definition) is 0. The zero-order chi connectivity index (χ0) is 21.9. The molecule has 31 heavy (non-hydrogen) atoms. The van der Waals surface area contributed by atoms with Gasteiger partial charge < -0.3 is 14.2 Å². The minimum atomic E-state index is -0.437. The number of para-hydroxylation sites is 1. The molecule has 0 radical (unpaired) electrons. The van der Waals surface area contributed by atoms with E-state index in [-0.39, 0.29) is 6.61 Å². The van der Waals surface area contributed by atoms with Crippen molar-refractivity contribution in [1.82, 2.24) is 0 Å². The van der Waals surface area contributed by atoms with Gasteiger partial charge in [0, 0.05) is 5.56 Å². The summed E-state index contributed by atoms with van der Waals surface area (Å²) in [6.07, 6.45) is 4.40. The van der Waals surface area contributed by atoms with E-state index in [1.807, 2.05) is 91.0 Å². The molecule has 0 atom stereocenters. The SMILES string of the molecule is CCOC(=O)C(/C=C/Cc1ccccc1)=C(/Oc1ccccc1)c1ccc(OC)cc1. The lowest BCUT2D eigenvalue weighted by atomic mass is 10.1. The maximum atomic E-state index is 12.9. The minimum absolute atomic E-state index is 0.274. The van der Waals surface area contributed by atoms with Gasteiger partial charge in [-0.3, -0.25) is 0 Å². The van der Waals surface area contributed by atoms with Gasteiger partial charge in [-0.25, -0.2) is 4.79 Å². The van der Waals surface area contributed by atoms with Crippen LogP contribution in [-0.4, -0.2) is 19.7 Å². The lowest BCUT2D eigenvalue weighted by Gasteiger charge is -2.15. The Bertz CT molecular complexity index is 1020. The van der Waals surface area contributed by atoms with E-state index < -0.39 is 5.97 Å². The van der Waals surface area contributed by atoms with Gasteiger partial charge in [-0.05, 0) is 61.4 Å². The number of allylic oxidation sites excluding steroid dienone is 1. The molecule has 0 bridgehead atoms. The third-order valence-corrected chi connectivity index (χ3v) is 4.54. The number of esters is 1. The molecule has 0 aliphatic rings. The van der Waals surface area contributed by atoms with Crippen LogP contribution in [0.3, 0.4) is 0 Å². The van der Waals surface area contributed by atoms with Gasteiger partial charge in [0.25, 0.3) is 0 Å². The molecule has 0 spiro atoms. The van der Waals surface area contributed by atoms with Crippen molar-refractivity contribution in [2.24, 2.45) is 0 Å². The summed E-state index contributed by atoms with van der Waals surface area (Å²) in [5, 5.41) is 0. The third-order valence-electron chi connectivity index (χ3n) is 4.54. The summed E-state index contributed by atoms with van der Waals surface area (Å²) >= 11 is 0. The highest BCUT2D eigenvalue weighted by molar-refractivity contribution is 5.99. The molecule has 0 fully saturated rings. The summed E-state index contributed by atoms with van der Waals surface area (Å²) < 4.78 is 16.8. The molecule has 0 N–H and O–H groups in total. The predicted octanol–water partition coefficient (Wildman–Crippen LogP) is 5.85. The normalized spacial score (nSPS) is 11.7. The molecule has 0 saturated carbocycles. The van der Waals surface area contributed by atoms with Gasteiger partial charge in [0.2, 0.25) is 0 Å². The fourth-order valence-electron chi connectivity index (χ4n) is 2.99. The van der Waals surface area contributed by atoms with Crippen LogP contribution >= 0.6 is 0 Å². The highest BCUT2D eigenvalue weighted by Gasteiger charge is 2.18. The Labute approximate surface area is 183 Å². The zero-order valence-corrected chi connectivity index (χ0v) is 17.8. The molecule has 0 aliphatic carbocycles. The minimum Gasteiger partial charge on any atom is -0.497 e. The first-order valence-electron chi connectivity index (χ1n) is 10.2. The molecule has 158 valence electrons. The van der Waals surface area contributed by atoms with Crippen molar-refractivity contribution >= 4 is 11.7 Å². The second-order valence-corrected chi connectivity index (χ2v) is 6.70. The van der Waals surface area contributed by atoms with Gasteiger partial charge in [0.1, 0.15) is 22.8 Å². The number of rotatable bonds is 9. The number of hydrogen-bond acceptors (Lipinski definition) is 4. The van der Waals surface area contributed by atoms with E-state index in [0.29, 0.717) is 23.5 Å². The molecular weight excluding hydrogens is 388 g/mol. The van der Waals surface area contributed by atoms with E-state index >= 15 is 0 Å². The summed E-state index contributed by atoms with van der Waals surface area (Å²) in [7, 11) is 1.61. The Morgan fingerprint density at radius 3 is 2.10 bits per heavy atom. The first-order chi connectivity index (χ1) is 15.2. The largest absolute Gasteiger partial charge is 0.497 e. The van der Waals surface area contributed by atoms with E-state index in [4.69, 9.17) is 14.2 Å². The van der Waals surface area contributed by atoms with Gasteiger partial charge in [0.15, 0.2) is 0 Å². The predicted molar refractivity (Wildman–Crippen MR) is 123 cm³/mol. The quantitative estimate of drug-likeness (QED) is 0.191. The Kier molecular flexibility index (Phi) is 8.06. The number of carbonyl (C=O) groups excluding carboxylic acids is 1. The molecule has 3 rings (SSSR count). The summed E-state index contributed by atoms with van der Waals surface area (Å²) in [6.45, 7) is 2.06. The lowest BCUT2D eigenvalue weighted by Crippen LogP contribution is -2.11. The molecule has 3 aromatic rings. The maximum Gasteiger partial charge on any atom is 0.341 e. The zero-order valence-electron chi connectivity index (χ0n) is 17.8. The van der Waals surface area contributed by atoms with Crippen molar-refractivity contribution in [3.8, 4) is 11.5 Å². The van der Waals surface area contributed by atoms with Crippen molar-refractivity contribution < 1.29 is 19.0 Å². The van der Waals surface area contributed by atoms with E-state index in [2.05, 4.69) is 0 Å². The van der Waals surface area contributed by atoms with Gasteiger partial charge in [0.05, 0.1) is 13.7 Å². The fraction of sp³-hybridized carbons (Fsp3) is 0.148. The van der Waals surface area contributed by atoms with Gasteiger partial charge >= 0.3 is 5.97 Å². The molecule has 4 nitrogen and oxygen atoms in total. The molecule has 0 amide bonds. The lowest BCUT2D eigenvalue weighted by molar-refractivity contribution is -0.138. The van der Waals surface area contributed by atoms with E-state index in [1.54, 1.807) is 20.1 Å². The molecule has 3 aromatic carbocycles. The Morgan fingerprint density at radius 1 is 0.839 bits per heavy atom. The summed E-state index contributed by atoms with van der Waals surface area (Å²) in [6, 6.07) is 26.8. The van der Waals surface area contributed by atoms with E-state index in [0.717, 1.165) is 16.9 Å². The maximum absolute atomic E-state index is 12.9. The first-order valence-corrected chi connectivity index (χ1v) is 10.2.